The summed E-state index contributed by atoms with van der Waals surface area (Å²) in [6.07, 6.45) is 2.15. The average Bonchev–Trinajstić information content (AvgIpc) is 2.55. The summed E-state index contributed by atoms with van der Waals surface area (Å²) in [7, 11) is -3.69. The van der Waals surface area contributed by atoms with Gasteiger partial charge in [0.25, 0.3) is 0 Å². The van der Waals surface area contributed by atoms with Crippen molar-refractivity contribution in [3.8, 4) is 0 Å². The van der Waals surface area contributed by atoms with E-state index >= 15 is 0 Å². The molecule has 1 aliphatic rings. The molecule has 0 unspecified atom stereocenters. The quantitative estimate of drug-likeness (QED) is 0.891. The Kier molecular flexibility index (Phi) is 5.75. The third kappa shape index (κ3) is 4.29. The van der Waals surface area contributed by atoms with Crippen LogP contribution < -0.4 is 5.32 Å². The molecule has 1 aromatic rings. The lowest BCUT2D eigenvalue weighted by molar-refractivity contribution is -0.126. The van der Waals surface area contributed by atoms with E-state index in [4.69, 9.17) is 0 Å². The molecule has 0 spiro atoms. The van der Waals surface area contributed by atoms with Crippen LogP contribution in [-0.2, 0) is 14.8 Å². The Morgan fingerprint density at radius 3 is 2.65 bits per heavy atom. The predicted molar refractivity (Wildman–Crippen MR) is 85.8 cm³/mol. The summed E-state index contributed by atoms with van der Waals surface area (Å²) in [6.45, 7) is 4.46. The van der Waals surface area contributed by atoms with Crippen LogP contribution in [0.3, 0.4) is 0 Å². The van der Waals surface area contributed by atoms with E-state index in [9.17, 15) is 17.6 Å². The number of hydrogen-bond acceptors (Lipinski definition) is 3. The fourth-order valence-electron chi connectivity index (χ4n) is 2.59. The molecule has 0 aromatic heterocycles. The third-order valence-corrected chi connectivity index (χ3v) is 6.09. The van der Waals surface area contributed by atoms with E-state index in [1.54, 1.807) is 0 Å². The van der Waals surface area contributed by atoms with Crippen molar-refractivity contribution in [2.75, 3.05) is 13.1 Å². The number of carbonyl (C=O) groups is 1. The number of halogens is 1. The Bertz CT molecular complexity index is 646. The van der Waals surface area contributed by atoms with Crippen LogP contribution in [0.2, 0.25) is 0 Å². The van der Waals surface area contributed by atoms with Crippen molar-refractivity contribution in [2.24, 2.45) is 5.92 Å². The van der Waals surface area contributed by atoms with Gasteiger partial charge in [0.2, 0.25) is 15.9 Å². The van der Waals surface area contributed by atoms with E-state index in [1.165, 1.54) is 16.4 Å². The second-order valence-electron chi connectivity index (χ2n) is 5.97. The molecule has 2 atom stereocenters. The van der Waals surface area contributed by atoms with Crippen molar-refractivity contribution in [3.05, 3.63) is 30.1 Å². The van der Waals surface area contributed by atoms with Crippen molar-refractivity contribution in [3.63, 3.8) is 0 Å². The summed E-state index contributed by atoms with van der Waals surface area (Å²) >= 11 is 0. The van der Waals surface area contributed by atoms with Gasteiger partial charge in [-0.3, -0.25) is 4.79 Å². The van der Waals surface area contributed by atoms with Crippen LogP contribution in [0.5, 0.6) is 0 Å². The van der Waals surface area contributed by atoms with E-state index < -0.39 is 15.8 Å². The van der Waals surface area contributed by atoms with Crippen molar-refractivity contribution < 1.29 is 17.6 Å². The zero-order valence-corrected chi connectivity index (χ0v) is 14.3. The van der Waals surface area contributed by atoms with Gasteiger partial charge in [0.05, 0.1) is 10.8 Å². The van der Waals surface area contributed by atoms with Crippen LogP contribution in [0.1, 0.15) is 33.1 Å². The summed E-state index contributed by atoms with van der Waals surface area (Å²) in [6, 6.07) is 4.85. The smallest absolute Gasteiger partial charge is 0.243 e. The predicted octanol–water partition coefficient (Wildman–Crippen LogP) is 2.14. The molecular formula is C16H23FN2O3S. The summed E-state index contributed by atoms with van der Waals surface area (Å²) in [5.74, 6) is -0.917. The second-order valence-corrected chi connectivity index (χ2v) is 7.91. The zero-order chi connectivity index (χ0) is 17.0. The van der Waals surface area contributed by atoms with E-state index in [0.29, 0.717) is 19.4 Å². The standard InChI is InChI=1S/C16H23FN2O3S/c1-3-12(2)18-16(20)13-5-4-10-19(11-13)23(21,22)15-8-6-14(17)7-9-15/h6-9,12-13H,3-5,10-11H2,1-2H3,(H,18,20)/t12-,13+/m1/s1. The SMILES string of the molecule is CC[C@@H](C)NC(=O)[C@H]1CCCN(S(=O)(=O)c2ccc(F)cc2)C1. The first kappa shape index (κ1) is 17.9. The van der Waals surface area contributed by atoms with Crippen LogP contribution >= 0.6 is 0 Å². The highest BCUT2D eigenvalue weighted by Gasteiger charge is 2.33. The maximum absolute atomic E-state index is 13.0. The van der Waals surface area contributed by atoms with E-state index in [1.807, 2.05) is 13.8 Å². The molecule has 1 aromatic carbocycles. The highest BCUT2D eigenvalue weighted by atomic mass is 32.2. The van der Waals surface area contributed by atoms with Gasteiger partial charge in [-0.05, 0) is 50.5 Å². The number of carbonyl (C=O) groups excluding carboxylic acids is 1. The first-order chi connectivity index (χ1) is 10.8. The molecule has 0 radical (unpaired) electrons. The summed E-state index contributed by atoms with van der Waals surface area (Å²) in [5, 5.41) is 2.91. The summed E-state index contributed by atoms with van der Waals surface area (Å²) in [4.78, 5) is 12.3. The lowest BCUT2D eigenvalue weighted by Gasteiger charge is -2.31. The van der Waals surface area contributed by atoms with Gasteiger partial charge in [-0.1, -0.05) is 6.92 Å². The Hall–Kier alpha value is -1.47. The van der Waals surface area contributed by atoms with E-state index in [0.717, 1.165) is 18.6 Å². The number of rotatable bonds is 5. The maximum Gasteiger partial charge on any atom is 0.243 e. The lowest BCUT2D eigenvalue weighted by atomic mass is 9.98. The minimum Gasteiger partial charge on any atom is -0.353 e. The normalized spacial score (nSPS) is 20.9. The molecule has 1 fully saturated rings. The molecule has 1 aliphatic heterocycles. The number of sulfonamides is 1. The van der Waals surface area contributed by atoms with E-state index in [-0.39, 0.29) is 29.3 Å². The number of hydrogen-bond donors (Lipinski definition) is 1. The fourth-order valence-corrected chi connectivity index (χ4v) is 4.12. The number of amides is 1. The first-order valence-electron chi connectivity index (χ1n) is 7.90. The molecule has 7 heteroatoms. The van der Waals surface area contributed by atoms with Crippen molar-refractivity contribution in [2.45, 2.75) is 44.0 Å². The molecule has 1 heterocycles. The van der Waals surface area contributed by atoms with Gasteiger partial charge in [-0.15, -0.1) is 0 Å². The van der Waals surface area contributed by atoms with Gasteiger partial charge < -0.3 is 5.32 Å². The van der Waals surface area contributed by atoms with Crippen LogP contribution in [0.15, 0.2) is 29.2 Å². The highest BCUT2D eigenvalue weighted by molar-refractivity contribution is 7.89. The van der Waals surface area contributed by atoms with Gasteiger partial charge in [0, 0.05) is 19.1 Å². The van der Waals surface area contributed by atoms with Gasteiger partial charge in [-0.2, -0.15) is 4.31 Å². The zero-order valence-electron chi connectivity index (χ0n) is 13.5. The molecule has 2 rings (SSSR count). The number of piperidine rings is 1. The van der Waals surface area contributed by atoms with Gasteiger partial charge >= 0.3 is 0 Å². The van der Waals surface area contributed by atoms with Crippen LogP contribution in [0, 0.1) is 11.7 Å². The molecule has 1 saturated heterocycles. The Balaban J connectivity index is 2.11. The molecule has 0 bridgehead atoms. The van der Waals surface area contributed by atoms with Gasteiger partial charge in [0.15, 0.2) is 0 Å². The Labute approximate surface area is 136 Å². The van der Waals surface area contributed by atoms with E-state index in [2.05, 4.69) is 5.32 Å². The summed E-state index contributed by atoms with van der Waals surface area (Å²) < 4.78 is 39.5. The monoisotopic (exact) mass is 342 g/mol. The topological polar surface area (TPSA) is 66.5 Å². The van der Waals surface area contributed by atoms with Crippen molar-refractivity contribution >= 4 is 15.9 Å². The fraction of sp³-hybridized carbons (Fsp3) is 0.562. The van der Waals surface area contributed by atoms with Gasteiger partial charge in [-0.25, -0.2) is 12.8 Å². The Morgan fingerprint density at radius 1 is 1.39 bits per heavy atom. The second kappa shape index (κ2) is 7.40. The minimum absolute atomic E-state index is 0.0573. The Morgan fingerprint density at radius 2 is 2.04 bits per heavy atom. The largest absolute Gasteiger partial charge is 0.353 e. The molecule has 5 nitrogen and oxygen atoms in total. The number of nitrogens with one attached hydrogen (secondary N) is 1. The molecule has 0 saturated carbocycles. The number of nitrogens with zero attached hydrogens (tertiary/aromatic N) is 1. The minimum atomic E-state index is -3.69. The first-order valence-corrected chi connectivity index (χ1v) is 9.34. The number of benzene rings is 1. The average molecular weight is 342 g/mol. The van der Waals surface area contributed by atoms with Crippen molar-refractivity contribution in [1.82, 2.24) is 9.62 Å². The van der Waals surface area contributed by atoms with Crippen LogP contribution in [0.25, 0.3) is 0 Å². The van der Waals surface area contributed by atoms with Crippen LogP contribution in [-0.4, -0.2) is 37.8 Å². The van der Waals surface area contributed by atoms with Gasteiger partial charge in [0.1, 0.15) is 5.82 Å². The highest BCUT2D eigenvalue weighted by Crippen LogP contribution is 2.24. The molecule has 0 aliphatic carbocycles. The molecular weight excluding hydrogens is 319 g/mol. The molecule has 1 amide bonds. The third-order valence-electron chi connectivity index (χ3n) is 4.21. The van der Waals surface area contributed by atoms with Crippen LogP contribution in [0.4, 0.5) is 4.39 Å². The van der Waals surface area contributed by atoms with Crippen molar-refractivity contribution in [1.29, 1.82) is 0 Å². The maximum atomic E-state index is 13.0. The lowest BCUT2D eigenvalue weighted by Crippen LogP contribution is -2.46. The molecule has 23 heavy (non-hydrogen) atoms. The molecule has 128 valence electrons. The summed E-state index contributed by atoms with van der Waals surface area (Å²) in [5.41, 5.74) is 0. The molecule has 1 N–H and O–H groups in total.